The standard InChI is InChI=1S/C27H27N5S/c1-17-12-23-29-14-19-13-21(22-6-4-5-11-33-22)24(30-25(19)32(23)31-17)18-7-9-20(10-8-18)27(28)15-26(2,3)16-27/h4-5,7,9-14,18H,8,15-16,28H2,1-3H3. The molecule has 3 aliphatic rings. The van der Waals surface area contributed by atoms with Crippen molar-refractivity contribution in [3.63, 3.8) is 0 Å². The summed E-state index contributed by atoms with van der Waals surface area (Å²) in [6.07, 6.45) is 15.7. The number of thioether (sulfide) groups is 1. The summed E-state index contributed by atoms with van der Waals surface area (Å²) >= 11 is 1.68. The third-order valence-electron chi connectivity index (χ3n) is 6.84. The molecule has 33 heavy (non-hydrogen) atoms. The van der Waals surface area contributed by atoms with Crippen LogP contribution in [0.3, 0.4) is 0 Å². The Morgan fingerprint density at radius 2 is 2.09 bits per heavy atom. The molecule has 4 heterocycles. The average molecular weight is 454 g/mol. The van der Waals surface area contributed by atoms with Gasteiger partial charge in [-0.25, -0.2) is 9.97 Å². The lowest BCUT2D eigenvalue weighted by Crippen LogP contribution is -2.57. The van der Waals surface area contributed by atoms with Gasteiger partial charge < -0.3 is 5.73 Å². The summed E-state index contributed by atoms with van der Waals surface area (Å²) in [6, 6.07) is 4.17. The zero-order chi connectivity index (χ0) is 22.8. The molecule has 1 fully saturated rings. The van der Waals surface area contributed by atoms with Crippen LogP contribution in [0.2, 0.25) is 0 Å². The van der Waals surface area contributed by atoms with Crippen LogP contribution in [0.25, 0.3) is 21.6 Å². The maximum Gasteiger partial charge on any atom is 0.164 e. The third kappa shape index (κ3) is 3.50. The molecule has 1 unspecified atom stereocenters. The van der Waals surface area contributed by atoms with Crippen molar-refractivity contribution in [2.75, 3.05) is 0 Å². The lowest BCUT2D eigenvalue weighted by molar-refractivity contribution is 0.0935. The Morgan fingerprint density at radius 3 is 2.79 bits per heavy atom. The van der Waals surface area contributed by atoms with E-state index in [9.17, 15) is 0 Å². The second-order valence-electron chi connectivity index (χ2n) is 10.3. The summed E-state index contributed by atoms with van der Waals surface area (Å²) in [6.45, 7) is 6.57. The number of hydrogen-bond acceptors (Lipinski definition) is 5. The van der Waals surface area contributed by atoms with Gasteiger partial charge in [-0.1, -0.05) is 43.8 Å². The van der Waals surface area contributed by atoms with Gasteiger partial charge in [0, 0.05) is 34.7 Å². The van der Waals surface area contributed by atoms with Crippen LogP contribution >= 0.6 is 11.8 Å². The molecule has 0 amide bonds. The molecule has 2 N–H and O–H groups in total. The zero-order valence-corrected chi connectivity index (χ0v) is 20.0. The quantitative estimate of drug-likeness (QED) is 0.505. The van der Waals surface area contributed by atoms with Crippen molar-refractivity contribution in [3.8, 4) is 0 Å². The number of aryl methyl sites for hydroxylation is 1. The van der Waals surface area contributed by atoms with Crippen LogP contribution in [0.5, 0.6) is 0 Å². The molecule has 5 nitrogen and oxygen atoms in total. The smallest absolute Gasteiger partial charge is 0.164 e. The first kappa shape index (κ1) is 20.7. The minimum absolute atomic E-state index is 0.172. The molecule has 3 aromatic heterocycles. The normalized spacial score (nSPS) is 23.0. The maximum atomic E-state index is 6.74. The van der Waals surface area contributed by atoms with E-state index >= 15 is 0 Å². The van der Waals surface area contributed by atoms with Crippen molar-refractivity contribution in [2.24, 2.45) is 11.1 Å². The average Bonchev–Trinajstić information content (AvgIpc) is 3.18. The number of hydrogen-bond donors (Lipinski definition) is 1. The van der Waals surface area contributed by atoms with E-state index in [1.54, 1.807) is 11.8 Å². The molecule has 3 aromatic rings. The predicted molar refractivity (Wildman–Crippen MR) is 136 cm³/mol. The number of fused-ring (bicyclic) bond motifs is 3. The molecule has 166 valence electrons. The topological polar surface area (TPSA) is 69.1 Å². The van der Waals surface area contributed by atoms with Crippen LogP contribution in [0.1, 0.15) is 56.0 Å². The molecule has 0 aromatic carbocycles. The Bertz CT molecular complexity index is 1450. The number of pyridine rings is 1. The first-order chi connectivity index (χ1) is 15.8. The number of rotatable bonds is 3. The van der Waals surface area contributed by atoms with Gasteiger partial charge in [0.1, 0.15) is 0 Å². The van der Waals surface area contributed by atoms with Gasteiger partial charge in [-0.15, -0.1) is 5.73 Å². The summed E-state index contributed by atoms with van der Waals surface area (Å²) < 4.78 is 1.86. The van der Waals surface area contributed by atoms with E-state index in [0.717, 1.165) is 57.8 Å². The minimum Gasteiger partial charge on any atom is -0.321 e. The summed E-state index contributed by atoms with van der Waals surface area (Å²) in [5, 5.41) is 7.71. The Kier molecular flexibility index (Phi) is 4.57. The maximum absolute atomic E-state index is 6.74. The van der Waals surface area contributed by atoms with E-state index in [0.29, 0.717) is 5.41 Å². The molecular weight excluding hydrogens is 426 g/mol. The van der Waals surface area contributed by atoms with E-state index in [1.165, 1.54) is 5.57 Å². The van der Waals surface area contributed by atoms with Crippen LogP contribution in [0.15, 0.2) is 65.4 Å². The fourth-order valence-electron chi connectivity index (χ4n) is 5.63. The summed E-state index contributed by atoms with van der Waals surface area (Å²) in [4.78, 5) is 10.9. The SMILES string of the molecule is Cc1cc2ncc3cc(C4=C=CC=CS4)c(C4C=CC(C5(N)CC(C)(C)C5)=CC4)nc3n2n1. The molecule has 6 rings (SSSR count). The fourth-order valence-corrected chi connectivity index (χ4v) is 6.35. The van der Waals surface area contributed by atoms with E-state index in [2.05, 4.69) is 59.4 Å². The van der Waals surface area contributed by atoms with Crippen LogP contribution in [0.4, 0.5) is 0 Å². The molecule has 1 saturated carbocycles. The van der Waals surface area contributed by atoms with Gasteiger partial charge >= 0.3 is 0 Å². The van der Waals surface area contributed by atoms with Crippen LogP contribution in [-0.4, -0.2) is 25.1 Å². The molecule has 0 spiro atoms. The van der Waals surface area contributed by atoms with E-state index in [-0.39, 0.29) is 11.5 Å². The first-order valence-corrected chi connectivity index (χ1v) is 12.3. The van der Waals surface area contributed by atoms with E-state index in [1.807, 2.05) is 35.9 Å². The van der Waals surface area contributed by atoms with Crippen LogP contribution < -0.4 is 5.73 Å². The second-order valence-corrected chi connectivity index (χ2v) is 11.2. The van der Waals surface area contributed by atoms with E-state index in [4.69, 9.17) is 10.7 Å². The molecule has 6 heteroatoms. The molecular formula is C27H27N5S. The van der Waals surface area contributed by atoms with Crippen molar-refractivity contribution in [3.05, 3.63) is 82.4 Å². The van der Waals surface area contributed by atoms with Gasteiger partial charge in [0.25, 0.3) is 0 Å². The molecule has 0 saturated heterocycles. The van der Waals surface area contributed by atoms with Crippen LogP contribution in [0, 0.1) is 12.3 Å². The molecule has 0 radical (unpaired) electrons. The van der Waals surface area contributed by atoms with Gasteiger partial charge in [0.2, 0.25) is 0 Å². The van der Waals surface area contributed by atoms with Crippen molar-refractivity contribution in [2.45, 2.75) is 51.5 Å². The van der Waals surface area contributed by atoms with Crippen molar-refractivity contribution < 1.29 is 0 Å². The Morgan fingerprint density at radius 1 is 1.24 bits per heavy atom. The minimum atomic E-state index is -0.190. The molecule has 1 aliphatic heterocycles. The van der Waals surface area contributed by atoms with Crippen LogP contribution in [-0.2, 0) is 0 Å². The highest BCUT2D eigenvalue weighted by Gasteiger charge is 2.48. The predicted octanol–water partition coefficient (Wildman–Crippen LogP) is 5.83. The van der Waals surface area contributed by atoms with E-state index < -0.39 is 0 Å². The second kappa shape index (κ2) is 7.29. The highest BCUT2D eigenvalue weighted by atomic mass is 32.2. The third-order valence-corrected chi connectivity index (χ3v) is 7.71. The highest BCUT2D eigenvalue weighted by Crippen LogP contribution is 2.51. The van der Waals surface area contributed by atoms with Gasteiger partial charge in [-0.05, 0) is 60.8 Å². The van der Waals surface area contributed by atoms with Crippen molar-refractivity contribution >= 4 is 33.3 Å². The fraction of sp³-hybridized carbons (Fsp3) is 0.333. The lowest BCUT2D eigenvalue weighted by Gasteiger charge is -2.52. The Balaban J connectivity index is 1.45. The van der Waals surface area contributed by atoms with Gasteiger partial charge in [-0.2, -0.15) is 9.61 Å². The number of allylic oxidation sites excluding steroid dienone is 4. The largest absolute Gasteiger partial charge is 0.321 e. The lowest BCUT2D eigenvalue weighted by atomic mass is 9.56. The van der Waals surface area contributed by atoms with Crippen molar-refractivity contribution in [1.82, 2.24) is 19.6 Å². The zero-order valence-electron chi connectivity index (χ0n) is 19.2. The summed E-state index contributed by atoms with van der Waals surface area (Å²) in [5.74, 6) is 0.172. The first-order valence-electron chi connectivity index (χ1n) is 11.4. The summed E-state index contributed by atoms with van der Waals surface area (Å²) in [5.41, 5.74) is 16.3. The van der Waals surface area contributed by atoms with Gasteiger partial charge in [0.15, 0.2) is 11.3 Å². The Labute approximate surface area is 197 Å². The number of nitrogens with two attached hydrogens (primary N) is 1. The number of nitrogens with zero attached hydrogens (tertiary/aromatic N) is 4. The van der Waals surface area contributed by atoms with Crippen molar-refractivity contribution in [1.29, 1.82) is 0 Å². The van der Waals surface area contributed by atoms with Gasteiger partial charge in [0.05, 0.1) is 16.3 Å². The molecule has 0 bridgehead atoms. The highest BCUT2D eigenvalue weighted by molar-refractivity contribution is 8.10. The Hall–Kier alpha value is -2.92. The molecule has 2 aliphatic carbocycles. The van der Waals surface area contributed by atoms with Gasteiger partial charge in [-0.3, -0.25) is 0 Å². The number of aromatic nitrogens is 4. The monoisotopic (exact) mass is 453 g/mol. The molecule has 1 atom stereocenters. The summed E-state index contributed by atoms with van der Waals surface area (Å²) in [7, 11) is 0.